The van der Waals surface area contributed by atoms with Crippen LogP contribution in [0.4, 0.5) is 4.79 Å². The number of rotatable bonds is 6. The van der Waals surface area contributed by atoms with E-state index < -0.39 is 12.1 Å². The minimum atomic E-state index is -0.438. The molecule has 0 bridgehead atoms. The lowest BCUT2D eigenvalue weighted by atomic mass is 9.94. The molecule has 0 radical (unpaired) electrons. The van der Waals surface area contributed by atoms with Crippen molar-refractivity contribution in [3.8, 4) is 0 Å². The standard InChI is InChI=1S/C20H25N3O5/c1-3-28-20(26)23-10-6-9-18(27-2)17(23)11-14(24)12-22-13-21-16-8-5-4-7-15(16)19(22)25/h4-5,7-8,13,17-18H,3,6,9-12H2,1-2H3/t17-,18+/m1/s1. The number of benzene rings is 1. The van der Waals surface area contributed by atoms with E-state index in [-0.39, 0.29) is 37.0 Å². The Balaban J connectivity index is 1.77. The normalized spacial score (nSPS) is 19.6. The summed E-state index contributed by atoms with van der Waals surface area (Å²) in [5, 5.41) is 0.471. The van der Waals surface area contributed by atoms with Crippen molar-refractivity contribution in [3.05, 3.63) is 40.9 Å². The average molecular weight is 387 g/mol. The molecule has 0 unspecified atom stereocenters. The van der Waals surface area contributed by atoms with Crippen molar-refractivity contribution in [2.45, 2.75) is 44.9 Å². The Bertz CT molecular complexity index is 910. The third-order valence-electron chi connectivity index (χ3n) is 5.04. The summed E-state index contributed by atoms with van der Waals surface area (Å²) in [4.78, 5) is 43.4. The molecule has 1 aromatic carbocycles. The van der Waals surface area contributed by atoms with Crippen molar-refractivity contribution in [3.63, 3.8) is 0 Å². The van der Waals surface area contributed by atoms with E-state index in [1.54, 1.807) is 37.1 Å². The lowest BCUT2D eigenvalue weighted by Gasteiger charge is -2.39. The monoisotopic (exact) mass is 387 g/mol. The Kier molecular flexibility index (Phi) is 6.41. The van der Waals surface area contributed by atoms with Crippen molar-refractivity contribution in [1.29, 1.82) is 0 Å². The molecule has 8 heteroatoms. The highest BCUT2D eigenvalue weighted by atomic mass is 16.6. The van der Waals surface area contributed by atoms with Crippen LogP contribution in [0.2, 0.25) is 0 Å². The number of carbonyl (C=O) groups is 2. The third kappa shape index (κ3) is 4.22. The number of carbonyl (C=O) groups excluding carboxylic acids is 2. The lowest BCUT2D eigenvalue weighted by molar-refractivity contribution is -0.122. The molecule has 0 N–H and O–H groups in total. The van der Waals surface area contributed by atoms with Gasteiger partial charge in [0.25, 0.3) is 5.56 Å². The summed E-state index contributed by atoms with van der Waals surface area (Å²) in [5.41, 5.74) is 0.338. The van der Waals surface area contributed by atoms with E-state index in [4.69, 9.17) is 9.47 Å². The number of ether oxygens (including phenoxy) is 2. The zero-order chi connectivity index (χ0) is 20.1. The van der Waals surface area contributed by atoms with Gasteiger partial charge in [0.05, 0.1) is 42.5 Å². The molecule has 2 aromatic rings. The molecule has 2 atom stereocenters. The van der Waals surface area contributed by atoms with Crippen LogP contribution in [-0.4, -0.2) is 58.7 Å². The van der Waals surface area contributed by atoms with Gasteiger partial charge < -0.3 is 14.4 Å². The first-order valence-electron chi connectivity index (χ1n) is 9.47. The summed E-state index contributed by atoms with van der Waals surface area (Å²) in [6, 6.07) is 6.61. The number of amides is 1. The van der Waals surface area contributed by atoms with Crippen LogP contribution < -0.4 is 5.56 Å². The number of Topliss-reactive ketones (excluding diaryl/α,β-unsaturated/α-hetero) is 1. The molecule has 3 rings (SSSR count). The number of para-hydroxylation sites is 1. The predicted octanol–water partition coefficient (Wildman–Crippen LogP) is 1.99. The van der Waals surface area contributed by atoms with Crippen LogP contribution in [0.25, 0.3) is 10.9 Å². The molecule has 1 aliphatic heterocycles. The lowest BCUT2D eigenvalue weighted by Crippen LogP contribution is -2.52. The average Bonchev–Trinajstić information content (AvgIpc) is 2.70. The Morgan fingerprint density at radius 3 is 2.82 bits per heavy atom. The van der Waals surface area contributed by atoms with Gasteiger partial charge in [-0.1, -0.05) is 12.1 Å². The highest BCUT2D eigenvalue weighted by Gasteiger charge is 2.36. The molecule has 1 aliphatic rings. The van der Waals surface area contributed by atoms with Crippen molar-refractivity contribution in [2.24, 2.45) is 0 Å². The van der Waals surface area contributed by atoms with Gasteiger partial charge in [0.2, 0.25) is 0 Å². The Hall–Kier alpha value is -2.74. The molecule has 0 aliphatic carbocycles. The molecule has 28 heavy (non-hydrogen) atoms. The van der Waals surface area contributed by atoms with Crippen molar-refractivity contribution in [2.75, 3.05) is 20.3 Å². The molecule has 0 spiro atoms. The molecule has 8 nitrogen and oxygen atoms in total. The van der Waals surface area contributed by atoms with Gasteiger partial charge in [0.1, 0.15) is 0 Å². The first kappa shape index (κ1) is 20.0. The zero-order valence-corrected chi connectivity index (χ0v) is 16.2. The van der Waals surface area contributed by atoms with Crippen LogP contribution in [0.5, 0.6) is 0 Å². The molecule has 150 valence electrons. The van der Waals surface area contributed by atoms with E-state index >= 15 is 0 Å². The number of fused-ring (bicyclic) bond motifs is 1. The second kappa shape index (κ2) is 8.97. The summed E-state index contributed by atoms with van der Waals surface area (Å²) in [7, 11) is 1.58. The summed E-state index contributed by atoms with van der Waals surface area (Å²) in [6.07, 6.45) is 2.36. The van der Waals surface area contributed by atoms with Crippen molar-refractivity contribution < 1.29 is 19.1 Å². The molecule has 1 aromatic heterocycles. The van der Waals surface area contributed by atoms with Crippen molar-refractivity contribution in [1.82, 2.24) is 14.5 Å². The fourth-order valence-corrected chi connectivity index (χ4v) is 3.68. The van der Waals surface area contributed by atoms with Crippen LogP contribution >= 0.6 is 0 Å². The number of hydrogen-bond acceptors (Lipinski definition) is 6. The summed E-state index contributed by atoms with van der Waals surface area (Å²) in [6.45, 7) is 2.44. The quantitative estimate of drug-likeness (QED) is 0.753. The number of ketones is 1. The zero-order valence-electron chi connectivity index (χ0n) is 16.2. The number of likely N-dealkylation sites (tertiary alicyclic amines) is 1. The molecule has 0 saturated carbocycles. The van der Waals surface area contributed by atoms with Gasteiger partial charge in [-0.2, -0.15) is 0 Å². The van der Waals surface area contributed by atoms with Gasteiger partial charge >= 0.3 is 6.09 Å². The smallest absolute Gasteiger partial charge is 0.410 e. The van der Waals surface area contributed by atoms with E-state index in [9.17, 15) is 14.4 Å². The second-order valence-electron chi connectivity index (χ2n) is 6.81. The number of aromatic nitrogens is 2. The first-order valence-corrected chi connectivity index (χ1v) is 9.47. The van der Waals surface area contributed by atoms with E-state index in [0.717, 1.165) is 12.8 Å². The van der Waals surface area contributed by atoms with E-state index in [0.29, 0.717) is 17.4 Å². The van der Waals surface area contributed by atoms with Crippen molar-refractivity contribution >= 4 is 22.8 Å². The van der Waals surface area contributed by atoms with Crippen LogP contribution in [0.1, 0.15) is 26.2 Å². The van der Waals surface area contributed by atoms with Gasteiger partial charge in [-0.25, -0.2) is 9.78 Å². The van der Waals surface area contributed by atoms with Gasteiger partial charge in [0.15, 0.2) is 5.78 Å². The second-order valence-corrected chi connectivity index (χ2v) is 6.81. The largest absolute Gasteiger partial charge is 0.450 e. The molecule has 1 saturated heterocycles. The fourth-order valence-electron chi connectivity index (χ4n) is 3.68. The molecular formula is C20H25N3O5. The van der Waals surface area contributed by atoms with Gasteiger partial charge in [-0.3, -0.25) is 14.2 Å². The van der Waals surface area contributed by atoms with Crippen LogP contribution in [0.3, 0.4) is 0 Å². The minimum absolute atomic E-state index is 0.0938. The summed E-state index contributed by atoms with van der Waals surface area (Å²) in [5.74, 6) is -0.164. The fraction of sp³-hybridized carbons (Fsp3) is 0.500. The Morgan fingerprint density at radius 2 is 2.07 bits per heavy atom. The minimum Gasteiger partial charge on any atom is -0.450 e. The van der Waals surface area contributed by atoms with E-state index in [1.165, 1.54) is 10.9 Å². The highest BCUT2D eigenvalue weighted by molar-refractivity contribution is 5.81. The molecule has 2 heterocycles. The molecule has 1 fully saturated rings. The maximum atomic E-state index is 12.7. The van der Waals surface area contributed by atoms with E-state index in [2.05, 4.69) is 4.98 Å². The van der Waals surface area contributed by atoms with Crippen LogP contribution in [0.15, 0.2) is 35.4 Å². The van der Waals surface area contributed by atoms with E-state index in [1.807, 2.05) is 6.07 Å². The maximum absolute atomic E-state index is 12.7. The summed E-state index contributed by atoms with van der Waals surface area (Å²) < 4.78 is 11.9. The van der Waals surface area contributed by atoms with Gasteiger partial charge in [-0.05, 0) is 31.9 Å². The predicted molar refractivity (Wildman–Crippen MR) is 103 cm³/mol. The van der Waals surface area contributed by atoms with Gasteiger partial charge in [0, 0.05) is 20.1 Å². The maximum Gasteiger partial charge on any atom is 0.410 e. The first-order chi connectivity index (χ1) is 13.5. The number of nitrogens with zero attached hydrogens (tertiary/aromatic N) is 3. The molecule has 1 amide bonds. The number of methoxy groups -OCH3 is 1. The topological polar surface area (TPSA) is 90.7 Å². The molecular weight excluding hydrogens is 362 g/mol. The SMILES string of the molecule is CCOC(=O)N1CCC[C@H](OC)[C@H]1CC(=O)Cn1cnc2ccccc2c1=O. The summed E-state index contributed by atoms with van der Waals surface area (Å²) >= 11 is 0. The van der Waals surface area contributed by atoms with Gasteiger partial charge in [-0.15, -0.1) is 0 Å². The third-order valence-corrected chi connectivity index (χ3v) is 5.04. The number of hydrogen-bond donors (Lipinski definition) is 0. The highest BCUT2D eigenvalue weighted by Crippen LogP contribution is 2.24. The number of piperidine rings is 1. The van der Waals surface area contributed by atoms with Crippen LogP contribution in [0, 0.1) is 0 Å². The Labute approximate surface area is 163 Å². The van der Waals surface area contributed by atoms with Crippen LogP contribution in [-0.2, 0) is 20.8 Å². The Morgan fingerprint density at radius 1 is 1.29 bits per heavy atom.